The fourth-order valence-corrected chi connectivity index (χ4v) is 3.63. The minimum atomic E-state index is -0.270. The van der Waals surface area contributed by atoms with Crippen molar-refractivity contribution in [3.8, 4) is 0 Å². The second-order valence-corrected chi connectivity index (χ2v) is 7.21. The normalized spacial score (nSPS) is 22.4. The Morgan fingerprint density at radius 2 is 2.00 bits per heavy atom. The van der Waals surface area contributed by atoms with E-state index in [0.717, 1.165) is 37.5 Å². The van der Waals surface area contributed by atoms with Gasteiger partial charge in [0, 0.05) is 32.0 Å². The first-order chi connectivity index (χ1) is 11.5. The van der Waals surface area contributed by atoms with Crippen molar-refractivity contribution >= 4 is 11.8 Å². The number of aromatic nitrogens is 3. The van der Waals surface area contributed by atoms with E-state index in [1.807, 2.05) is 20.8 Å². The number of amides is 2. The van der Waals surface area contributed by atoms with Crippen LogP contribution in [0, 0.1) is 5.92 Å². The van der Waals surface area contributed by atoms with Crippen LogP contribution in [0.15, 0.2) is 0 Å². The highest BCUT2D eigenvalue weighted by Gasteiger charge is 2.36. The molecule has 7 nitrogen and oxygen atoms in total. The smallest absolute Gasteiger partial charge is 0.226 e. The van der Waals surface area contributed by atoms with E-state index in [9.17, 15) is 9.59 Å². The summed E-state index contributed by atoms with van der Waals surface area (Å²) < 4.78 is 2.15. The number of hydrogen-bond donors (Lipinski definition) is 1. The van der Waals surface area contributed by atoms with Crippen molar-refractivity contribution in [1.29, 1.82) is 0 Å². The highest BCUT2D eigenvalue weighted by atomic mass is 16.2. The third kappa shape index (κ3) is 3.30. The number of rotatable bonds is 4. The number of hydrogen-bond acceptors (Lipinski definition) is 4. The molecule has 2 atom stereocenters. The van der Waals surface area contributed by atoms with E-state index < -0.39 is 0 Å². The lowest BCUT2D eigenvalue weighted by Crippen LogP contribution is -2.37. The second kappa shape index (κ2) is 6.91. The Kier molecular flexibility index (Phi) is 4.87. The Morgan fingerprint density at radius 3 is 2.71 bits per heavy atom. The van der Waals surface area contributed by atoms with Crippen molar-refractivity contribution in [2.75, 3.05) is 6.54 Å². The van der Waals surface area contributed by atoms with Crippen LogP contribution in [0.3, 0.4) is 0 Å². The lowest BCUT2D eigenvalue weighted by molar-refractivity contribution is -0.130. The van der Waals surface area contributed by atoms with Gasteiger partial charge in [0.15, 0.2) is 5.82 Å². The summed E-state index contributed by atoms with van der Waals surface area (Å²) >= 11 is 0. The van der Waals surface area contributed by atoms with Gasteiger partial charge in [-0.25, -0.2) is 0 Å². The fourth-order valence-electron chi connectivity index (χ4n) is 3.63. The third-order valence-electron chi connectivity index (χ3n) is 5.04. The average Bonchev–Trinajstić information content (AvgIpc) is 3.04. The summed E-state index contributed by atoms with van der Waals surface area (Å²) in [7, 11) is 0. The van der Waals surface area contributed by atoms with Gasteiger partial charge in [-0.05, 0) is 33.6 Å². The molecule has 7 heteroatoms. The molecule has 0 aromatic carbocycles. The van der Waals surface area contributed by atoms with Crippen LogP contribution >= 0.6 is 0 Å². The van der Waals surface area contributed by atoms with Crippen molar-refractivity contribution in [1.82, 2.24) is 25.0 Å². The van der Waals surface area contributed by atoms with Crippen LogP contribution in [0.1, 0.15) is 64.1 Å². The molecule has 0 saturated carbocycles. The van der Waals surface area contributed by atoms with E-state index in [4.69, 9.17) is 0 Å². The van der Waals surface area contributed by atoms with Crippen molar-refractivity contribution < 1.29 is 9.59 Å². The quantitative estimate of drug-likeness (QED) is 0.904. The Hall–Kier alpha value is -1.92. The maximum absolute atomic E-state index is 12.6. The number of carbonyl (C=O) groups is 2. The van der Waals surface area contributed by atoms with Crippen LogP contribution in [0.2, 0.25) is 0 Å². The SMILES string of the molecule is CC(C)N1C[C@H](C(=O)N[C@@H](C)c2nnc3n2CCCCC3)CC1=O. The number of carbonyl (C=O) groups excluding carboxylic acids is 2. The summed E-state index contributed by atoms with van der Waals surface area (Å²) in [5.74, 6) is 1.57. The van der Waals surface area contributed by atoms with Gasteiger partial charge in [0.05, 0.1) is 12.0 Å². The molecule has 1 aromatic rings. The highest BCUT2D eigenvalue weighted by Crippen LogP contribution is 2.22. The predicted molar refractivity (Wildman–Crippen MR) is 89.1 cm³/mol. The zero-order valence-electron chi connectivity index (χ0n) is 14.8. The first kappa shape index (κ1) is 16.9. The van der Waals surface area contributed by atoms with Gasteiger partial charge < -0.3 is 14.8 Å². The van der Waals surface area contributed by atoms with Gasteiger partial charge in [-0.2, -0.15) is 0 Å². The average molecular weight is 333 g/mol. The molecule has 0 radical (unpaired) electrons. The molecule has 1 saturated heterocycles. The van der Waals surface area contributed by atoms with Gasteiger partial charge in [0.25, 0.3) is 0 Å². The molecule has 1 aromatic heterocycles. The van der Waals surface area contributed by atoms with E-state index >= 15 is 0 Å². The number of likely N-dealkylation sites (tertiary alicyclic amines) is 1. The summed E-state index contributed by atoms with van der Waals surface area (Å²) in [6.45, 7) is 7.32. The molecule has 1 fully saturated rings. The largest absolute Gasteiger partial charge is 0.346 e. The molecule has 2 aliphatic rings. The standard InChI is InChI=1S/C17H27N5O2/c1-11(2)22-10-13(9-15(22)23)17(24)18-12(3)16-20-19-14-7-5-4-6-8-21(14)16/h11-13H,4-10H2,1-3H3,(H,18,24)/t12-,13+/m0/s1. The van der Waals surface area contributed by atoms with Gasteiger partial charge in [0.2, 0.25) is 11.8 Å². The molecule has 2 amide bonds. The lowest BCUT2D eigenvalue weighted by atomic mass is 10.1. The summed E-state index contributed by atoms with van der Waals surface area (Å²) in [5, 5.41) is 11.6. The van der Waals surface area contributed by atoms with E-state index in [2.05, 4.69) is 20.1 Å². The van der Waals surface area contributed by atoms with E-state index in [-0.39, 0.29) is 29.8 Å². The summed E-state index contributed by atoms with van der Waals surface area (Å²) in [4.78, 5) is 26.3. The molecule has 0 unspecified atom stereocenters. The first-order valence-electron chi connectivity index (χ1n) is 8.99. The van der Waals surface area contributed by atoms with E-state index in [1.165, 1.54) is 6.42 Å². The van der Waals surface area contributed by atoms with Crippen molar-refractivity contribution in [3.05, 3.63) is 11.6 Å². The topological polar surface area (TPSA) is 80.1 Å². The number of aryl methyl sites for hydroxylation is 1. The van der Waals surface area contributed by atoms with Crippen molar-refractivity contribution in [2.24, 2.45) is 5.92 Å². The minimum absolute atomic E-state index is 0.0640. The van der Waals surface area contributed by atoms with Gasteiger partial charge in [0.1, 0.15) is 5.82 Å². The third-order valence-corrected chi connectivity index (χ3v) is 5.04. The van der Waals surface area contributed by atoms with Crippen LogP contribution in [0.4, 0.5) is 0 Å². The van der Waals surface area contributed by atoms with Crippen LogP contribution in [-0.2, 0) is 22.6 Å². The second-order valence-electron chi connectivity index (χ2n) is 7.21. The lowest BCUT2D eigenvalue weighted by Gasteiger charge is -2.21. The van der Waals surface area contributed by atoms with E-state index in [0.29, 0.717) is 13.0 Å². The molecule has 0 aliphatic carbocycles. The van der Waals surface area contributed by atoms with Crippen LogP contribution in [-0.4, -0.2) is 44.1 Å². The number of nitrogens with one attached hydrogen (secondary N) is 1. The Balaban J connectivity index is 1.65. The summed E-state index contributed by atoms with van der Waals surface area (Å²) in [6.07, 6.45) is 4.73. The molecule has 0 bridgehead atoms. The molecule has 24 heavy (non-hydrogen) atoms. The van der Waals surface area contributed by atoms with Crippen molar-refractivity contribution in [3.63, 3.8) is 0 Å². The minimum Gasteiger partial charge on any atom is -0.346 e. The maximum atomic E-state index is 12.6. The van der Waals surface area contributed by atoms with Crippen molar-refractivity contribution in [2.45, 2.75) is 71.5 Å². The monoisotopic (exact) mass is 333 g/mol. The molecular formula is C17H27N5O2. The molecule has 1 N–H and O–H groups in total. The van der Waals surface area contributed by atoms with Crippen LogP contribution < -0.4 is 5.32 Å². The van der Waals surface area contributed by atoms with Gasteiger partial charge in [-0.15, -0.1) is 10.2 Å². The van der Waals surface area contributed by atoms with Gasteiger partial charge in [-0.3, -0.25) is 9.59 Å². The Labute approximate surface area is 142 Å². The zero-order chi connectivity index (χ0) is 17.3. The Bertz CT molecular complexity index is 624. The molecule has 132 valence electrons. The summed E-state index contributed by atoms with van der Waals surface area (Å²) in [6, 6.07) is -0.0555. The zero-order valence-corrected chi connectivity index (χ0v) is 14.8. The molecular weight excluding hydrogens is 306 g/mol. The van der Waals surface area contributed by atoms with E-state index in [1.54, 1.807) is 4.90 Å². The van der Waals surface area contributed by atoms with Crippen LogP contribution in [0.5, 0.6) is 0 Å². The Morgan fingerprint density at radius 1 is 1.21 bits per heavy atom. The molecule has 3 heterocycles. The van der Waals surface area contributed by atoms with Gasteiger partial charge in [-0.1, -0.05) is 6.42 Å². The maximum Gasteiger partial charge on any atom is 0.226 e. The molecule has 2 aliphatic heterocycles. The summed E-state index contributed by atoms with van der Waals surface area (Å²) in [5.41, 5.74) is 0. The number of fused-ring (bicyclic) bond motifs is 1. The number of nitrogens with zero attached hydrogens (tertiary/aromatic N) is 4. The fraction of sp³-hybridized carbons (Fsp3) is 0.765. The van der Waals surface area contributed by atoms with Crippen LogP contribution in [0.25, 0.3) is 0 Å². The highest BCUT2D eigenvalue weighted by molar-refractivity contribution is 5.89. The molecule has 0 spiro atoms. The van der Waals surface area contributed by atoms with Gasteiger partial charge >= 0.3 is 0 Å². The molecule has 3 rings (SSSR count). The first-order valence-corrected chi connectivity index (χ1v) is 8.99. The predicted octanol–water partition coefficient (Wildman–Crippen LogP) is 1.44.